The first-order valence-electron chi connectivity index (χ1n) is 6.18. The van der Waals surface area contributed by atoms with E-state index in [0.29, 0.717) is 5.56 Å². The molecule has 18 heavy (non-hydrogen) atoms. The normalized spacial score (nSPS) is 20.7. The van der Waals surface area contributed by atoms with Gasteiger partial charge < -0.3 is 14.9 Å². The van der Waals surface area contributed by atoms with Crippen molar-refractivity contribution in [1.82, 2.24) is 14.8 Å². The van der Waals surface area contributed by atoms with Crippen molar-refractivity contribution in [3.8, 4) is 5.75 Å². The summed E-state index contributed by atoms with van der Waals surface area (Å²) in [6, 6.07) is 1.77. The highest BCUT2D eigenvalue weighted by Gasteiger charge is 2.26. The van der Waals surface area contributed by atoms with E-state index in [4.69, 9.17) is 0 Å². The van der Waals surface area contributed by atoms with Crippen LogP contribution in [0.4, 0.5) is 0 Å². The second kappa shape index (κ2) is 5.35. The van der Waals surface area contributed by atoms with Gasteiger partial charge in [-0.1, -0.05) is 0 Å². The van der Waals surface area contributed by atoms with E-state index in [0.717, 1.165) is 25.9 Å². The number of rotatable bonds is 2. The van der Waals surface area contributed by atoms with Crippen LogP contribution in [0.2, 0.25) is 0 Å². The van der Waals surface area contributed by atoms with Gasteiger partial charge >= 0.3 is 0 Å². The number of hydrogen-bond acceptors (Lipinski definition) is 4. The minimum Gasteiger partial charge on any atom is -0.505 e. The lowest BCUT2D eigenvalue weighted by Crippen LogP contribution is -2.47. The van der Waals surface area contributed by atoms with Gasteiger partial charge in [-0.05, 0) is 32.5 Å². The molecule has 1 fully saturated rings. The summed E-state index contributed by atoms with van der Waals surface area (Å²) in [6.45, 7) is 1.97. The van der Waals surface area contributed by atoms with Crippen LogP contribution in [0.3, 0.4) is 0 Å². The van der Waals surface area contributed by atoms with E-state index >= 15 is 0 Å². The Morgan fingerprint density at radius 1 is 1.61 bits per heavy atom. The van der Waals surface area contributed by atoms with Gasteiger partial charge in [0.2, 0.25) is 0 Å². The Balaban J connectivity index is 2.11. The van der Waals surface area contributed by atoms with E-state index in [1.54, 1.807) is 18.0 Å². The van der Waals surface area contributed by atoms with Crippen LogP contribution in [0.1, 0.15) is 23.2 Å². The van der Waals surface area contributed by atoms with Crippen molar-refractivity contribution in [3.63, 3.8) is 0 Å². The minimum atomic E-state index is -0.143. The highest BCUT2D eigenvalue weighted by Crippen LogP contribution is 2.20. The molecule has 0 aliphatic carbocycles. The average molecular weight is 249 g/mol. The summed E-state index contributed by atoms with van der Waals surface area (Å²) in [6.07, 6.45) is 4.93. The van der Waals surface area contributed by atoms with Gasteiger partial charge in [-0.3, -0.25) is 9.78 Å². The number of hydrogen-bond donors (Lipinski definition) is 1. The molecule has 0 saturated carbocycles. The summed E-state index contributed by atoms with van der Waals surface area (Å²) < 4.78 is 0. The molecule has 98 valence electrons. The van der Waals surface area contributed by atoms with Gasteiger partial charge in [0, 0.05) is 25.8 Å². The fraction of sp³-hybridized carbons (Fsp3) is 0.538. The molecule has 1 unspecified atom stereocenters. The third-order valence-electron chi connectivity index (χ3n) is 3.50. The fourth-order valence-corrected chi connectivity index (χ4v) is 2.38. The van der Waals surface area contributed by atoms with Crippen LogP contribution in [0.25, 0.3) is 0 Å². The number of likely N-dealkylation sites (tertiary alicyclic amines) is 1. The third-order valence-corrected chi connectivity index (χ3v) is 3.50. The molecule has 5 nitrogen and oxygen atoms in total. The molecule has 0 bridgehead atoms. The lowest BCUT2D eigenvalue weighted by atomic mass is 10.0. The van der Waals surface area contributed by atoms with Gasteiger partial charge in [0.1, 0.15) is 5.75 Å². The maximum Gasteiger partial charge on any atom is 0.257 e. The molecular formula is C13H19N3O2. The summed E-state index contributed by atoms with van der Waals surface area (Å²) >= 11 is 0. The Bertz CT molecular complexity index is 436. The zero-order valence-electron chi connectivity index (χ0n) is 10.8. The number of amides is 1. The number of aromatic nitrogens is 1. The van der Waals surface area contributed by atoms with Crippen molar-refractivity contribution >= 4 is 5.91 Å². The lowest BCUT2D eigenvalue weighted by molar-refractivity contribution is 0.0641. The van der Waals surface area contributed by atoms with Gasteiger partial charge in [-0.25, -0.2) is 0 Å². The third kappa shape index (κ3) is 2.61. The van der Waals surface area contributed by atoms with E-state index in [1.807, 2.05) is 0 Å². The van der Waals surface area contributed by atoms with Crippen LogP contribution in [-0.4, -0.2) is 59.0 Å². The van der Waals surface area contributed by atoms with Crippen LogP contribution < -0.4 is 0 Å². The quantitative estimate of drug-likeness (QED) is 0.848. The predicted molar refractivity (Wildman–Crippen MR) is 68.5 cm³/mol. The summed E-state index contributed by atoms with van der Waals surface area (Å²) in [7, 11) is 3.86. The maximum absolute atomic E-state index is 12.3. The molecule has 0 spiro atoms. The first-order chi connectivity index (χ1) is 8.59. The van der Waals surface area contributed by atoms with Crippen molar-refractivity contribution < 1.29 is 9.90 Å². The van der Waals surface area contributed by atoms with Crippen LogP contribution in [-0.2, 0) is 0 Å². The zero-order chi connectivity index (χ0) is 13.1. The van der Waals surface area contributed by atoms with Gasteiger partial charge in [-0.15, -0.1) is 0 Å². The molecule has 5 heteroatoms. The summed E-state index contributed by atoms with van der Waals surface area (Å²) in [4.78, 5) is 20.0. The van der Waals surface area contributed by atoms with Gasteiger partial charge in [0.25, 0.3) is 5.91 Å². The molecule has 1 atom stereocenters. The molecule has 1 aliphatic rings. The monoisotopic (exact) mass is 249 g/mol. The molecule has 1 aliphatic heterocycles. The van der Waals surface area contributed by atoms with Crippen molar-refractivity contribution in [3.05, 3.63) is 24.0 Å². The summed E-state index contributed by atoms with van der Waals surface area (Å²) in [5.74, 6) is -0.200. The molecule has 1 aromatic heterocycles. The predicted octanol–water partition coefficient (Wildman–Crippen LogP) is 0.953. The van der Waals surface area contributed by atoms with Crippen LogP contribution in [0.5, 0.6) is 5.75 Å². The molecule has 0 radical (unpaired) electrons. The molecular weight excluding hydrogens is 230 g/mol. The molecule has 2 heterocycles. The fourth-order valence-electron chi connectivity index (χ4n) is 2.38. The topological polar surface area (TPSA) is 56.7 Å². The number of carbonyl (C=O) groups is 1. The van der Waals surface area contributed by atoms with Crippen LogP contribution in [0, 0.1) is 0 Å². The van der Waals surface area contributed by atoms with E-state index in [1.165, 1.54) is 12.4 Å². The first-order valence-corrected chi connectivity index (χ1v) is 6.18. The van der Waals surface area contributed by atoms with Crippen molar-refractivity contribution in [2.45, 2.75) is 18.9 Å². The number of nitrogens with zero attached hydrogens (tertiary/aromatic N) is 3. The number of carbonyl (C=O) groups excluding carboxylic acids is 1. The molecule has 0 aromatic carbocycles. The number of aromatic hydroxyl groups is 1. The van der Waals surface area contributed by atoms with Crippen LogP contribution in [0.15, 0.2) is 18.5 Å². The zero-order valence-corrected chi connectivity index (χ0v) is 10.8. The van der Waals surface area contributed by atoms with Crippen LogP contribution >= 0.6 is 0 Å². The summed E-state index contributed by atoms with van der Waals surface area (Å²) in [5.41, 5.74) is 0.320. The molecule has 1 saturated heterocycles. The first kappa shape index (κ1) is 12.8. The Hall–Kier alpha value is -1.62. The Kier molecular flexibility index (Phi) is 3.81. The molecule has 1 amide bonds. The molecule has 1 N–H and O–H groups in total. The van der Waals surface area contributed by atoms with E-state index in [-0.39, 0.29) is 17.7 Å². The minimum absolute atomic E-state index is 0.0569. The van der Waals surface area contributed by atoms with Gasteiger partial charge in [0.15, 0.2) is 0 Å². The average Bonchev–Trinajstić information content (AvgIpc) is 2.37. The van der Waals surface area contributed by atoms with Crippen molar-refractivity contribution in [2.24, 2.45) is 0 Å². The van der Waals surface area contributed by atoms with Gasteiger partial charge in [-0.2, -0.15) is 0 Å². The highest BCUT2D eigenvalue weighted by atomic mass is 16.3. The molecule has 1 aromatic rings. The standard InChI is InChI=1S/C13H19N3O2/c1-15-7-3-4-10(9-15)16(2)13(18)11-5-6-14-8-12(11)17/h5-6,8,10,17H,3-4,7,9H2,1-2H3. The summed E-state index contributed by atoms with van der Waals surface area (Å²) in [5, 5.41) is 9.66. The Morgan fingerprint density at radius 3 is 3.06 bits per heavy atom. The number of likely N-dealkylation sites (N-methyl/N-ethyl adjacent to an activating group) is 2. The number of pyridine rings is 1. The number of piperidine rings is 1. The maximum atomic E-state index is 12.3. The van der Waals surface area contributed by atoms with E-state index in [9.17, 15) is 9.90 Å². The van der Waals surface area contributed by atoms with E-state index < -0.39 is 0 Å². The van der Waals surface area contributed by atoms with Crippen molar-refractivity contribution in [2.75, 3.05) is 27.2 Å². The lowest BCUT2D eigenvalue weighted by Gasteiger charge is -2.35. The molecule has 2 rings (SSSR count). The Morgan fingerprint density at radius 2 is 2.39 bits per heavy atom. The highest BCUT2D eigenvalue weighted by molar-refractivity contribution is 5.96. The van der Waals surface area contributed by atoms with Gasteiger partial charge in [0.05, 0.1) is 11.8 Å². The van der Waals surface area contributed by atoms with Crippen molar-refractivity contribution in [1.29, 1.82) is 0 Å². The Labute approximate surface area is 107 Å². The largest absolute Gasteiger partial charge is 0.505 e. The second-order valence-electron chi connectivity index (χ2n) is 4.87. The SMILES string of the molecule is CN1CCCC(N(C)C(=O)c2ccncc2O)C1. The second-order valence-corrected chi connectivity index (χ2v) is 4.87. The van der Waals surface area contributed by atoms with E-state index in [2.05, 4.69) is 16.9 Å². The smallest absolute Gasteiger partial charge is 0.257 e.